The first kappa shape index (κ1) is 21.7. The molecule has 2 aromatic heterocycles. The molecule has 1 saturated heterocycles. The number of thioether (sulfide) groups is 1. The molecule has 3 heterocycles. The van der Waals surface area contributed by atoms with Crippen LogP contribution in [0.2, 0.25) is 0 Å². The summed E-state index contributed by atoms with van der Waals surface area (Å²) < 4.78 is 1.50. The van der Waals surface area contributed by atoms with Crippen molar-refractivity contribution in [3.05, 3.63) is 65.6 Å². The van der Waals surface area contributed by atoms with E-state index in [2.05, 4.69) is 20.4 Å². The van der Waals surface area contributed by atoms with Gasteiger partial charge in [0.15, 0.2) is 0 Å². The summed E-state index contributed by atoms with van der Waals surface area (Å²) >= 11 is 0.985. The number of hydrogen-bond acceptors (Lipinski definition) is 7. The minimum atomic E-state index is -0.349. The lowest BCUT2D eigenvalue weighted by Crippen LogP contribution is -2.28. The van der Waals surface area contributed by atoms with E-state index in [1.165, 1.54) is 9.58 Å². The molecule has 9 nitrogen and oxygen atoms in total. The molecule has 0 saturated carbocycles. The average Bonchev–Trinajstić information content (AvgIpc) is 3.33. The maximum atomic E-state index is 13.0. The Hall–Kier alpha value is -3.53. The molecule has 164 valence electrons. The molecule has 1 aromatic carbocycles. The fourth-order valence-electron chi connectivity index (χ4n) is 3.11. The number of hydrogen-bond donors (Lipinski definition) is 1. The molecule has 0 spiro atoms. The monoisotopic (exact) mass is 450 g/mol. The molecule has 0 bridgehead atoms. The van der Waals surface area contributed by atoms with Gasteiger partial charge in [-0.25, -0.2) is 9.97 Å². The van der Waals surface area contributed by atoms with Crippen molar-refractivity contribution in [3.63, 3.8) is 0 Å². The molecule has 1 aliphatic rings. The lowest BCUT2D eigenvalue weighted by molar-refractivity contribution is -0.125. The van der Waals surface area contributed by atoms with E-state index in [-0.39, 0.29) is 34.8 Å². The molecule has 32 heavy (non-hydrogen) atoms. The second-order valence-corrected chi connectivity index (χ2v) is 9.24. The van der Waals surface area contributed by atoms with Crippen LogP contribution in [0.15, 0.2) is 48.8 Å². The lowest BCUT2D eigenvalue weighted by atomic mass is 9.92. The Labute approximate surface area is 189 Å². The Morgan fingerprint density at radius 2 is 1.88 bits per heavy atom. The summed E-state index contributed by atoms with van der Waals surface area (Å²) in [5, 5.41) is 7.21. The highest BCUT2D eigenvalue weighted by Crippen LogP contribution is 2.26. The van der Waals surface area contributed by atoms with Gasteiger partial charge in [0.25, 0.3) is 17.1 Å². The number of nitrogens with one attached hydrogen (secondary N) is 1. The molecule has 0 unspecified atom stereocenters. The number of benzene rings is 1. The zero-order valence-electron chi connectivity index (χ0n) is 17.9. The summed E-state index contributed by atoms with van der Waals surface area (Å²) in [4.78, 5) is 46.5. The van der Waals surface area contributed by atoms with Gasteiger partial charge in [0, 0.05) is 29.4 Å². The number of rotatable bonds is 5. The predicted molar refractivity (Wildman–Crippen MR) is 121 cm³/mol. The molecular formula is C22H22N6O3S. The third-order valence-corrected chi connectivity index (χ3v) is 5.69. The van der Waals surface area contributed by atoms with Gasteiger partial charge < -0.3 is 5.32 Å². The highest BCUT2D eigenvalue weighted by atomic mass is 32.2. The second-order valence-electron chi connectivity index (χ2n) is 8.31. The van der Waals surface area contributed by atoms with Gasteiger partial charge in [-0.3, -0.25) is 19.3 Å². The van der Waals surface area contributed by atoms with Crippen molar-refractivity contribution in [2.24, 2.45) is 0 Å². The van der Waals surface area contributed by atoms with Crippen molar-refractivity contribution < 1.29 is 14.4 Å². The summed E-state index contributed by atoms with van der Waals surface area (Å²) in [5.41, 5.74) is 1.62. The zero-order chi connectivity index (χ0) is 22.9. The maximum Gasteiger partial charge on any atom is 0.289 e. The Bertz CT molecular complexity index is 1170. The van der Waals surface area contributed by atoms with Gasteiger partial charge >= 0.3 is 0 Å². The summed E-state index contributed by atoms with van der Waals surface area (Å²) in [6.07, 6.45) is 3.21. The predicted octanol–water partition coefficient (Wildman–Crippen LogP) is 3.41. The summed E-state index contributed by atoms with van der Waals surface area (Å²) in [6, 6.07) is 10.3. The molecular weight excluding hydrogens is 428 g/mol. The van der Waals surface area contributed by atoms with E-state index in [4.69, 9.17) is 0 Å². The van der Waals surface area contributed by atoms with Gasteiger partial charge in [-0.2, -0.15) is 9.78 Å². The van der Waals surface area contributed by atoms with E-state index in [1.54, 1.807) is 48.8 Å². The van der Waals surface area contributed by atoms with Gasteiger partial charge in [-0.05, 0) is 23.8 Å². The van der Waals surface area contributed by atoms with Crippen LogP contribution in [0.4, 0.5) is 10.6 Å². The maximum absolute atomic E-state index is 13.0. The third kappa shape index (κ3) is 4.54. The van der Waals surface area contributed by atoms with Crippen molar-refractivity contribution >= 4 is 34.6 Å². The van der Waals surface area contributed by atoms with Crippen LogP contribution in [0.5, 0.6) is 0 Å². The van der Waals surface area contributed by atoms with Gasteiger partial charge in [-0.15, -0.1) is 0 Å². The van der Waals surface area contributed by atoms with Crippen molar-refractivity contribution in [1.29, 1.82) is 0 Å². The molecule has 1 fully saturated rings. The number of amides is 3. The summed E-state index contributed by atoms with van der Waals surface area (Å²) in [7, 11) is 0. The van der Waals surface area contributed by atoms with Crippen LogP contribution in [-0.2, 0) is 16.8 Å². The van der Waals surface area contributed by atoms with Gasteiger partial charge in [0.2, 0.25) is 5.91 Å². The van der Waals surface area contributed by atoms with Crippen molar-refractivity contribution in [3.8, 4) is 5.95 Å². The third-order valence-electron chi connectivity index (χ3n) is 4.83. The lowest BCUT2D eigenvalue weighted by Gasteiger charge is -2.13. The fraction of sp³-hybridized carbons (Fsp3) is 0.273. The van der Waals surface area contributed by atoms with Crippen LogP contribution in [-0.4, -0.2) is 47.5 Å². The smallest absolute Gasteiger partial charge is 0.289 e. The first-order chi connectivity index (χ1) is 15.2. The van der Waals surface area contributed by atoms with E-state index in [1.807, 2.05) is 20.8 Å². The summed E-state index contributed by atoms with van der Waals surface area (Å²) in [6.45, 7) is 6.22. The molecule has 3 amide bonds. The van der Waals surface area contributed by atoms with Crippen LogP contribution in [0.1, 0.15) is 42.4 Å². The van der Waals surface area contributed by atoms with Crippen molar-refractivity contribution in [2.75, 3.05) is 11.1 Å². The first-order valence-corrected chi connectivity index (χ1v) is 11.0. The van der Waals surface area contributed by atoms with Crippen LogP contribution < -0.4 is 5.32 Å². The van der Waals surface area contributed by atoms with Crippen molar-refractivity contribution in [2.45, 2.75) is 32.7 Å². The standard InChI is InChI=1S/C22H22N6O3S/c1-22(2,3)16-11-17(28(26-16)20-23-8-5-9-24-20)25-19(30)15-7-4-6-14(10-15)12-27-18(29)13-32-21(27)31/h4-11H,12-13H2,1-3H3,(H,25,30). The normalized spacial score (nSPS) is 14.2. The Kier molecular flexibility index (Phi) is 5.79. The Morgan fingerprint density at radius 1 is 1.12 bits per heavy atom. The fourth-order valence-corrected chi connectivity index (χ4v) is 3.83. The molecule has 4 rings (SSSR count). The number of carbonyl (C=O) groups is 3. The molecule has 1 aliphatic heterocycles. The quantitative estimate of drug-likeness (QED) is 0.634. The van der Waals surface area contributed by atoms with Crippen LogP contribution >= 0.6 is 11.8 Å². The molecule has 3 aromatic rings. The van der Waals surface area contributed by atoms with E-state index in [0.717, 1.165) is 17.5 Å². The van der Waals surface area contributed by atoms with Crippen LogP contribution in [0.3, 0.4) is 0 Å². The number of imide groups is 1. The molecule has 0 radical (unpaired) electrons. The number of nitrogens with zero attached hydrogens (tertiary/aromatic N) is 5. The largest absolute Gasteiger partial charge is 0.306 e. The van der Waals surface area contributed by atoms with Crippen molar-refractivity contribution in [1.82, 2.24) is 24.6 Å². The zero-order valence-corrected chi connectivity index (χ0v) is 18.7. The van der Waals surface area contributed by atoms with E-state index < -0.39 is 0 Å². The topological polar surface area (TPSA) is 110 Å². The molecule has 10 heteroatoms. The number of aromatic nitrogens is 4. The van der Waals surface area contributed by atoms with Gasteiger partial charge in [0.1, 0.15) is 5.82 Å². The number of anilines is 1. The SMILES string of the molecule is CC(C)(C)c1cc(NC(=O)c2cccc(CN3C(=O)CSC3=O)c2)n(-c2ncccn2)n1. The van der Waals surface area contributed by atoms with E-state index >= 15 is 0 Å². The van der Waals surface area contributed by atoms with Gasteiger partial charge in [-0.1, -0.05) is 44.7 Å². The van der Waals surface area contributed by atoms with E-state index in [0.29, 0.717) is 22.9 Å². The van der Waals surface area contributed by atoms with E-state index in [9.17, 15) is 14.4 Å². The average molecular weight is 451 g/mol. The molecule has 0 atom stereocenters. The minimum Gasteiger partial charge on any atom is -0.306 e. The summed E-state index contributed by atoms with van der Waals surface area (Å²) in [5.74, 6) is 0.364. The van der Waals surface area contributed by atoms with Gasteiger partial charge in [0.05, 0.1) is 18.0 Å². The second kappa shape index (κ2) is 8.54. The highest BCUT2D eigenvalue weighted by Gasteiger charge is 2.30. The molecule has 0 aliphatic carbocycles. The highest BCUT2D eigenvalue weighted by molar-refractivity contribution is 8.14. The minimum absolute atomic E-state index is 0.135. The van der Waals surface area contributed by atoms with Crippen LogP contribution in [0.25, 0.3) is 5.95 Å². The Balaban J connectivity index is 1.60. The number of carbonyl (C=O) groups excluding carboxylic acids is 3. The Morgan fingerprint density at radius 3 is 2.53 bits per heavy atom. The molecule has 1 N–H and O–H groups in total. The first-order valence-electron chi connectivity index (χ1n) is 9.98. The van der Waals surface area contributed by atoms with Crippen LogP contribution in [0, 0.1) is 0 Å².